The molecule has 1 saturated heterocycles. The smallest absolute Gasteiger partial charge is 0.242 e. The Kier molecular flexibility index (Phi) is 3.72. The Morgan fingerprint density at radius 3 is 3.05 bits per heavy atom. The Morgan fingerprint density at radius 2 is 2.29 bits per heavy atom. The molecule has 0 radical (unpaired) electrons. The summed E-state index contributed by atoms with van der Waals surface area (Å²) in [6.45, 7) is 1.12. The largest absolute Gasteiger partial charge is 0.392 e. The second-order valence-corrected chi connectivity index (χ2v) is 5.01. The lowest BCUT2D eigenvalue weighted by atomic mass is 10.1. The van der Waals surface area contributed by atoms with Gasteiger partial charge >= 0.3 is 0 Å². The molecule has 0 spiro atoms. The SMILES string of the molecule is NC(=O)C1COCCN1c1nc2ccccc2cc1CO. The summed E-state index contributed by atoms with van der Waals surface area (Å²) in [6.07, 6.45) is 0. The maximum Gasteiger partial charge on any atom is 0.242 e. The van der Waals surface area contributed by atoms with Crippen molar-refractivity contribution in [1.82, 2.24) is 4.98 Å². The van der Waals surface area contributed by atoms with E-state index in [-0.39, 0.29) is 13.2 Å². The molecule has 3 rings (SSSR count). The second-order valence-electron chi connectivity index (χ2n) is 5.01. The summed E-state index contributed by atoms with van der Waals surface area (Å²) < 4.78 is 5.32. The van der Waals surface area contributed by atoms with E-state index in [1.165, 1.54) is 0 Å². The van der Waals surface area contributed by atoms with E-state index < -0.39 is 11.9 Å². The summed E-state index contributed by atoms with van der Waals surface area (Å²) in [6, 6.07) is 9.01. The molecule has 1 fully saturated rings. The number of anilines is 1. The first kappa shape index (κ1) is 13.8. The minimum atomic E-state index is -0.558. The highest BCUT2D eigenvalue weighted by Gasteiger charge is 2.30. The molecule has 2 heterocycles. The van der Waals surface area contributed by atoms with Crippen molar-refractivity contribution in [2.75, 3.05) is 24.7 Å². The van der Waals surface area contributed by atoms with Crippen molar-refractivity contribution in [1.29, 1.82) is 0 Å². The number of fused-ring (bicyclic) bond motifs is 1. The highest BCUT2D eigenvalue weighted by molar-refractivity contribution is 5.86. The van der Waals surface area contributed by atoms with E-state index in [4.69, 9.17) is 10.5 Å². The molecule has 110 valence electrons. The summed E-state index contributed by atoms with van der Waals surface area (Å²) in [7, 11) is 0. The van der Waals surface area contributed by atoms with Gasteiger partial charge in [0.05, 0.1) is 25.3 Å². The lowest BCUT2D eigenvalue weighted by Crippen LogP contribution is -2.53. The van der Waals surface area contributed by atoms with Crippen molar-refractivity contribution in [3.05, 3.63) is 35.9 Å². The summed E-state index contributed by atoms with van der Waals surface area (Å²) in [5.41, 5.74) is 6.95. The third-order valence-corrected chi connectivity index (χ3v) is 3.68. The summed E-state index contributed by atoms with van der Waals surface area (Å²) in [5, 5.41) is 10.6. The Bertz CT molecular complexity index is 674. The van der Waals surface area contributed by atoms with Gasteiger partial charge in [-0.05, 0) is 12.1 Å². The third-order valence-electron chi connectivity index (χ3n) is 3.68. The first-order chi connectivity index (χ1) is 10.2. The molecule has 0 aliphatic carbocycles. The summed E-state index contributed by atoms with van der Waals surface area (Å²) >= 11 is 0. The molecular formula is C15H17N3O3. The van der Waals surface area contributed by atoms with Crippen molar-refractivity contribution < 1.29 is 14.6 Å². The van der Waals surface area contributed by atoms with Crippen molar-refractivity contribution in [3.8, 4) is 0 Å². The van der Waals surface area contributed by atoms with Gasteiger partial charge < -0.3 is 20.5 Å². The van der Waals surface area contributed by atoms with E-state index in [1.807, 2.05) is 35.2 Å². The lowest BCUT2D eigenvalue weighted by Gasteiger charge is -2.35. The van der Waals surface area contributed by atoms with E-state index in [2.05, 4.69) is 4.98 Å². The second kappa shape index (κ2) is 5.67. The lowest BCUT2D eigenvalue weighted by molar-refractivity contribution is -0.121. The average Bonchev–Trinajstić information content (AvgIpc) is 2.53. The van der Waals surface area contributed by atoms with Gasteiger partial charge in [0.2, 0.25) is 5.91 Å². The van der Waals surface area contributed by atoms with Crippen LogP contribution in [0.4, 0.5) is 5.82 Å². The fourth-order valence-corrected chi connectivity index (χ4v) is 2.61. The van der Waals surface area contributed by atoms with Crippen LogP contribution in [0.2, 0.25) is 0 Å². The Morgan fingerprint density at radius 1 is 1.48 bits per heavy atom. The van der Waals surface area contributed by atoms with E-state index in [0.717, 1.165) is 10.9 Å². The van der Waals surface area contributed by atoms with Crippen molar-refractivity contribution in [3.63, 3.8) is 0 Å². The molecule has 1 aliphatic heterocycles. The third kappa shape index (κ3) is 2.55. The Hall–Kier alpha value is -2.18. The van der Waals surface area contributed by atoms with Crippen molar-refractivity contribution >= 4 is 22.6 Å². The first-order valence-corrected chi connectivity index (χ1v) is 6.84. The molecule has 1 aromatic heterocycles. The Balaban J connectivity index is 2.10. The van der Waals surface area contributed by atoms with Crippen LogP contribution in [0.15, 0.2) is 30.3 Å². The predicted molar refractivity (Wildman–Crippen MR) is 78.8 cm³/mol. The number of rotatable bonds is 3. The number of ether oxygens (including phenoxy) is 1. The first-order valence-electron chi connectivity index (χ1n) is 6.84. The number of carbonyl (C=O) groups is 1. The number of aromatic nitrogens is 1. The van der Waals surface area contributed by atoms with Gasteiger partial charge in [-0.1, -0.05) is 18.2 Å². The zero-order valence-corrected chi connectivity index (χ0v) is 11.5. The number of pyridine rings is 1. The molecule has 6 nitrogen and oxygen atoms in total. The maximum absolute atomic E-state index is 11.6. The van der Waals surface area contributed by atoms with Crippen LogP contribution in [0.25, 0.3) is 10.9 Å². The monoisotopic (exact) mass is 287 g/mol. The zero-order chi connectivity index (χ0) is 14.8. The van der Waals surface area contributed by atoms with Crippen LogP contribution in [-0.2, 0) is 16.1 Å². The fourth-order valence-electron chi connectivity index (χ4n) is 2.61. The standard InChI is InChI=1S/C15H17N3O3/c16-14(20)13-9-21-6-5-18(13)15-11(8-19)7-10-3-1-2-4-12(10)17-15/h1-4,7,13,19H,5-6,8-9H2,(H2,16,20). The number of carbonyl (C=O) groups excluding carboxylic acids is 1. The molecule has 0 bridgehead atoms. The number of hydrogen-bond donors (Lipinski definition) is 2. The number of para-hydroxylation sites is 1. The van der Waals surface area contributed by atoms with E-state index in [1.54, 1.807) is 0 Å². The van der Waals surface area contributed by atoms with Gasteiger partial charge in [-0.25, -0.2) is 4.98 Å². The minimum absolute atomic E-state index is 0.143. The topological polar surface area (TPSA) is 88.7 Å². The predicted octanol–water partition coefficient (Wildman–Crippen LogP) is 0.418. The van der Waals surface area contributed by atoms with Gasteiger partial charge in [-0.3, -0.25) is 4.79 Å². The number of nitrogens with two attached hydrogens (primary N) is 1. The van der Waals surface area contributed by atoms with Crippen LogP contribution in [0, 0.1) is 0 Å². The number of primary amides is 1. The number of hydrogen-bond acceptors (Lipinski definition) is 5. The van der Waals surface area contributed by atoms with Crippen LogP contribution in [0.5, 0.6) is 0 Å². The minimum Gasteiger partial charge on any atom is -0.392 e. The fraction of sp³-hybridized carbons (Fsp3) is 0.333. The van der Waals surface area contributed by atoms with Gasteiger partial charge in [-0.2, -0.15) is 0 Å². The molecule has 21 heavy (non-hydrogen) atoms. The zero-order valence-electron chi connectivity index (χ0n) is 11.5. The van der Waals surface area contributed by atoms with Crippen LogP contribution in [-0.4, -0.2) is 41.8 Å². The highest BCUT2D eigenvalue weighted by Crippen LogP contribution is 2.26. The molecule has 3 N–H and O–H groups in total. The number of aliphatic hydroxyl groups excluding tert-OH is 1. The van der Waals surface area contributed by atoms with Crippen LogP contribution in [0.3, 0.4) is 0 Å². The van der Waals surface area contributed by atoms with Gasteiger partial charge in [0.1, 0.15) is 11.9 Å². The van der Waals surface area contributed by atoms with Gasteiger partial charge in [-0.15, -0.1) is 0 Å². The number of nitrogens with zero attached hydrogens (tertiary/aromatic N) is 2. The molecule has 2 aromatic rings. The molecular weight excluding hydrogens is 270 g/mol. The number of morpholine rings is 1. The van der Waals surface area contributed by atoms with Gasteiger partial charge in [0.25, 0.3) is 0 Å². The Labute approximate surface area is 122 Å². The van der Waals surface area contributed by atoms with Crippen molar-refractivity contribution in [2.45, 2.75) is 12.6 Å². The van der Waals surface area contributed by atoms with E-state index in [9.17, 15) is 9.90 Å². The quantitative estimate of drug-likeness (QED) is 0.854. The van der Waals surface area contributed by atoms with E-state index >= 15 is 0 Å². The van der Waals surface area contributed by atoms with E-state index in [0.29, 0.717) is 24.5 Å². The van der Waals surface area contributed by atoms with Crippen LogP contribution < -0.4 is 10.6 Å². The number of benzene rings is 1. The average molecular weight is 287 g/mol. The summed E-state index contributed by atoms with van der Waals surface area (Å²) in [4.78, 5) is 18.0. The highest BCUT2D eigenvalue weighted by atomic mass is 16.5. The van der Waals surface area contributed by atoms with Gasteiger partial charge in [0.15, 0.2) is 0 Å². The number of amides is 1. The van der Waals surface area contributed by atoms with Crippen molar-refractivity contribution in [2.24, 2.45) is 5.73 Å². The van der Waals surface area contributed by atoms with Crippen LogP contribution >= 0.6 is 0 Å². The molecule has 1 atom stereocenters. The molecule has 6 heteroatoms. The molecule has 1 amide bonds. The van der Waals surface area contributed by atoms with Gasteiger partial charge in [0, 0.05) is 17.5 Å². The molecule has 0 saturated carbocycles. The normalized spacial score (nSPS) is 18.9. The number of aliphatic hydroxyl groups is 1. The molecule has 1 aromatic carbocycles. The molecule has 1 unspecified atom stereocenters. The summed E-state index contributed by atoms with van der Waals surface area (Å²) in [5.74, 6) is 0.150. The van der Waals surface area contributed by atoms with Crippen LogP contribution in [0.1, 0.15) is 5.56 Å². The maximum atomic E-state index is 11.6. The molecule has 1 aliphatic rings.